The van der Waals surface area contributed by atoms with Crippen molar-refractivity contribution in [3.8, 4) is 0 Å². The third-order valence-electron chi connectivity index (χ3n) is 2.58. The lowest BCUT2D eigenvalue weighted by Gasteiger charge is -2.11. The second-order valence-electron chi connectivity index (χ2n) is 3.81. The predicted octanol–water partition coefficient (Wildman–Crippen LogP) is -1.26. The molecule has 0 aliphatic rings. The number of alkyl halides is 1. The van der Waals surface area contributed by atoms with Crippen LogP contribution >= 0.6 is 15.9 Å². The highest BCUT2D eigenvalue weighted by Gasteiger charge is 2.22. The van der Waals surface area contributed by atoms with Gasteiger partial charge in [0.15, 0.2) is 5.65 Å². The standard InChI is InChI=1S/C9H11BrN4O4/c1-14-7-4(8(17)13-9(14)18)11-6(12-7)5(16)3(15)2-10/h3,5,15-16H,2H2,1H3,(H,11,12)(H,13,17,18). The Kier molecular flexibility index (Phi) is 3.37. The van der Waals surface area contributed by atoms with Crippen LogP contribution in [0.4, 0.5) is 0 Å². The minimum Gasteiger partial charge on any atom is -0.389 e. The minimum absolute atomic E-state index is 0.0312. The summed E-state index contributed by atoms with van der Waals surface area (Å²) in [5.74, 6) is 0.0312. The number of aromatic amines is 2. The number of hydrogen-bond donors (Lipinski definition) is 4. The van der Waals surface area contributed by atoms with Gasteiger partial charge < -0.3 is 15.2 Å². The van der Waals surface area contributed by atoms with Gasteiger partial charge >= 0.3 is 5.69 Å². The number of nitrogens with one attached hydrogen (secondary N) is 2. The molecule has 0 spiro atoms. The lowest BCUT2D eigenvalue weighted by molar-refractivity contribution is 0.0293. The van der Waals surface area contributed by atoms with Crippen LogP contribution in [0.3, 0.4) is 0 Å². The number of aromatic nitrogens is 4. The molecule has 0 radical (unpaired) electrons. The van der Waals surface area contributed by atoms with Gasteiger partial charge in [-0.15, -0.1) is 0 Å². The first-order valence-electron chi connectivity index (χ1n) is 5.06. The van der Waals surface area contributed by atoms with Crippen molar-refractivity contribution in [2.24, 2.45) is 7.05 Å². The Morgan fingerprint density at radius 3 is 2.67 bits per heavy atom. The summed E-state index contributed by atoms with van der Waals surface area (Å²) in [6, 6.07) is 0. The van der Waals surface area contributed by atoms with Gasteiger partial charge in [-0.25, -0.2) is 9.78 Å². The molecular weight excluding hydrogens is 308 g/mol. The Labute approximate surface area is 108 Å². The first-order chi connectivity index (χ1) is 8.45. The number of H-pyrrole nitrogens is 2. The lowest BCUT2D eigenvalue weighted by Crippen LogP contribution is -2.28. The Bertz CT molecular complexity index is 688. The number of nitrogens with zero attached hydrogens (tertiary/aromatic N) is 2. The van der Waals surface area contributed by atoms with E-state index in [1.807, 2.05) is 0 Å². The molecule has 2 heterocycles. The zero-order valence-corrected chi connectivity index (χ0v) is 10.9. The SMILES string of the molecule is Cn1c(=O)[nH]c(=O)c2[nH]c(C(O)C(O)CBr)nc21. The van der Waals surface area contributed by atoms with Gasteiger partial charge in [0, 0.05) is 12.4 Å². The zero-order valence-electron chi connectivity index (χ0n) is 9.35. The molecule has 0 amide bonds. The quantitative estimate of drug-likeness (QED) is 0.526. The molecule has 0 aromatic carbocycles. The highest BCUT2D eigenvalue weighted by Crippen LogP contribution is 2.16. The molecule has 0 bridgehead atoms. The summed E-state index contributed by atoms with van der Waals surface area (Å²) in [5, 5.41) is 19.4. The number of aryl methyl sites for hydroxylation is 1. The molecule has 2 aromatic heterocycles. The number of aliphatic hydroxyl groups is 2. The smallest absolute Gasteiger partial charge is 0.329 e. The van der Waals surface area contributed by atoms with Gasteiger partial charge in [-0.2, -0.15) is 0 Å². The van der Waals surface area contributed by atoms with Crippen LogP contribution in [0.25, 0.3) is 11.2 Å². The Hall–Kier alpha value is -1.45. The van der Waals surface area contributed by atoms with Crippen molar-refractivity contribution >= 4 is 27.1 Å². The lowest BCUT2D eigenvalue weighted by atomic mass is 10.2. The summed E-state index contributed by atoms with van der Waals surface area (Å²) in [7, 11) is 1.44. The number of rotatable bonds is 3. The van der Waals surface area contributed by atoms with Gasteiger partial charge in [-0.1, -0.05) is 15.9 Å². The first kappa shape index (κ1) is 13.0. The first-order valence-corrected chi connectivity index (χ1v) is 6.19. The molecule has 4 N–H and O–H groups in total. The maximum absolute atomic E-state index is 11.5. The maximum atomic E-state index is 11.5. The molecule has 2 rings (SSSR count). The summed E-state index contributed by atoms with van der Waals surface area (Å²) >= 11 is 3.02. The molecule has 0 aliphatic heterocycles. The van der Waals surface area contributed by atoms with Gasteiger partial charge in [0.05, 0.1) is 6.10 Å². The fourth-order valence-corrected chi connectivity index (χ4v) is 1.88. The molecule has 18 heavy (non-hydrogen) atoms. The Balaban J connectivity index is 2.64. The van der Waals surface area contributed by atoms with Crippen LogP contribution in [-0.2, 0) is 7.05 Å². The van der Waals surface area contributed by atoms with E-state index in [4.69, 9.17) is 0 Å². The molecular formula is C9H11BrN4O4. The van der Waals surface area contributed by atoms with E-state index in [1.165, 1.54) is 7.05 Å². The predicted molar refractivity (Wildman–Crippen MR) is 66.7 cm³/mol. The van der Waals surface area contributed by atoms with E-state index in [0.717, 1.165) is 4.57 Å². The Morgan fingerprint density at radius 1 is 1.39 bits per heavy atom. The molecule has 2 atom stereocenters. The van der Waals surface area contributed by atoms with Crippen LogP contribution < -0.4 is 11.2 Å². The number of fused-ring (bicyclic) bond motifs is 1. The van der Waals surface area contributed by atoms with Crippen molar-refractivity contribution in [1.82, 2.24) is 19.5 Å². The van der Waals surface area contributed by atoms with Crippen LogP contribution in [-0.4, -0.2) is 41.2 Å². The largest absolute Gasteiger partial charge is 0.389 e. The molecule has 2 unspecified atom stereocenters. The monoisotopic (exact) mass is 318 g/mol. The number of hydrogen-bond acceptors (Lipinski definition) is 5. The fourth-order valence-electron chi connectivity index (χ4n) is 1.53. The third-order valence-corrected chi connectivity index (χ3v) is 3.24. The second kappa shape index (κ2) is 4.67. The van der Waals surface area contributed by atoms with E-state index in [2.05, 4.69) is 30.9 Å². The summed E-state index contributed by atoms with van der Waals surface area (Å²) in [6.45, 7) is 0. The van der Waals surface area contributed by atoms with Gasteiger partial charge in [-0.3, -0.25) is 14.3 Å². The molecule has 98 valence electrons. The van der Waals surface area contributed by atoms with Crippen LogP contribution in [0.1, 0.15) is 11.9 Å². The normalized spacial score (nSPS) is 14.9. The molecule has 9 heteroatoms. The van der Waals surface area contributed by atoms with Gasteiger partial charge in [-0.05, 0) is 0 Å². The van der Waals surface area contributed by atoms with Crippen molar-refractivity contribution in [2.45, 2.75) is 12.2 Å². The van der Waals surface area contributed by atoms with Crippen LogP contribution in [0.15, 0.2) is 9.59 Å². The summed E-state index contributed by atoms with van der Waals surface area (Å²) in [4.78, 5) is 31.6. The summed E-state index contributed by atoms with van der Waals surface area (Å²) < 4.78 is 1.14. The molecule has 8 nitrogen and oxygen atoms in total. The average Bonchev–Trinajstić information content (AvgIpc) is 2.79. The van der Waals surface area contributed by atoms with Crippen LogP contribution in [0, 0.1) is 0 Å². The van der Waals surface area contributed by atoms with E-state index in [9.17, 15) is 19.8 Å². The van der Waals surface area contributed by atoms with E-state index in [0.29, 0.717) is 0 Å². The number of halogens is 1. The molecule has 0 saturated heterocycles. The summed E-state index contributed by atoms with van der Waals surface area (Å²) in [6.07, 6.45) is -2.34. The topological polar surface area (TPSA) is 124 Å². The van der Waals surface area contributed by atoms with Crippen molar-refractivity contribution < 1.29 is 10.2 Å². The van der Waals surface area contributed by atoms with Crippen molar-refractivity contribution in [3.63, 3.8) is 0 Å². The van der Waals surface area contributed by atoms with E-state index < -0.39 is 23.5 Å². The Morgan fingerprint density at radius 2 is 2.06 bits per heavy atom. The zero-order chi connectivity index (χ0) is 13.4. The van der Waals surface area contributed by atoms with E-state index >= 15 is 0 Å². The molecule has 0 saturated carbocycles. The second-order valence-corrected chi connectivity index (χ2v) is 4.45. The summed E-state index contributed by atoms with van der Waals surface area (Å²) in [5.41, 5.74) is -1.01. The van der Waals surface area contributed by atoms with Crippen molar-refractivity contribution in [1.29, 1.82) is 0 Å². The molecule has 2 aromatic rings. The van der Waals surface area contributed by atoms with Crippen molar-refractivity contribution in [3.05, 3.63) is 26.7 Å². The van der Waals surface area contributed by atoms with E-state index in [1.54, 1.807) is 0 Å². The van der Waals surface area contributed by atoms with Crippen molar-refractivity contribution in [2.75, 3.05) is 5.33 Å². The van der Waals surface area contributed by atoms with Crippen LogP contribution in [0.2, 0.25) is 0 Å². The maximum Gasteiger partial charge on any atom is 0.329 e. The highest BCUT2D eigenvalue weighted by molar-refractivity contribution is 9.09. The van der Waals surface area contributed by atoms with Gasteiger partial charge in [0.1, 0.15) is 17.4 Å². The van der Waals surface area contributed by atoms with Crippen LogP contribution in [0.5, 0.6) is 0 Å². The molecule has 0 aliphatic carbocycles. The fraction of sp³-hybridized carbons (Fsp3) is 0.444. The van der Waals surface area contributed by atoms with Gasteiger partial charge in [0.25, 0.3) is 5.56 Å². The van der Waals surface area contributed by atoms with E-state index in [-0.39, 0.29) is 22.3 Å². The minimum atomic E-state index is -1.27. The highest BCUT2D eigenvalue weighted by atomic mass is 79.9. The number of aliphatic hydroxyl groups excluding tert-OH is 2. The third kappa shape index (κ3) is 2.00. The average molecular weight is 319 g/mol. The molecule has 0 fully saturated rings. The van der Waals surface area contributed by atoms with Gasteiger partial charge in [0.2, 0.25) is 0 Å². The number of imidazole rings is 1.